The molecule has 2 aromatic rings. The first-order valence-electron chi connectivity index (χ1n) is 6.67. The summed E-state index contributed by atoms with van der Waals surface area (Å²) in [7, 11) is 0. The fourth-order valence-corrected chi connectivity index (χ4v) is 2.93. The predicted molar refractivity (Wildman–Crippen MR) is 80.0 cm³/mol. The third kappa shape index (κ3) is 2.77. The maximum atomic E-state index is 12.3. The first-order chi connectivity index (χ1) is 9.61. The number of carbonyl (C=O) groups is 1. The highest BCUT2D eigenvalue weighted by atomic mass is 79.9. The fourth-order valence-electron chi connectivity index (χ4n) is 2.52. The Morgan fingerprint density at radius 3 is 2.95 bits per heavy atom. The molecular weight excluding hydrogens is 318 g/mol. The normalized spacial score (nSPS) is 13.6. The molecule has 1 aromatic carbocycles. The van der Waals surface area contributed by atoms with E-state index < -0.39 is 0 Å². The number of hydrogen-bond acceptors (Lipinski definition) is 2. The van der Waals surface area contributed by atoms with Gasteiger partial charge in [-0.2, -0.15) is 0 Å². The van der Waals surface area contributed by atoms with Crippen molar-refractivity contribution in [3.05, 3.63) is 51.5 Å². The quantitative estimate of drug-likeness (QED) is 0.938. The third-order valence-electron chi connectivity index (χ3n) is 3.57. The molecule has 5 heteroatoms. The molecule has 1 aliphatic heterocycles. The monoisotopic (exact) mass is 333 g/mol. The Morgan fingerprint density at radius 2 is 2.20 bits per heavy atom. The largest absolute Gasteiger partial charge is 0.346 e. The predicted octanol–water partition coefficient (Wildman–Crippen LogP) is 2.96. The number of aromatic amines is 1. The van der Waals surface area contributed by atoms with Gasteiger partial charge in [0.15, 0.2) is 0 Å². The molecular formula is C15H16BrN3O. The maximum Gasteiger partial charge on any atom is 0.223 e. The van der Waals surface area contributed by atoms with Gasteiger partial charge >= 0.3 is 0 Å². The number of H-pyrrole nitrogens is 1. The van der Waals surface area contributed by atoms with Gasteiger partial charge in [0.1, 0.15) is 5.82 Å². The summed E-state index contributed by atoms with van der Waals surface area (Å²) in [6, 6.07) is 6.21. The number of rotatable bonds is 3. The van der Waals surface area contributed by atoms with Crippen molar-refractivity contribution < 1.29 is 4.79 Å². The van der Waals surface area contributed by atoms with Crippen LogP contribution in [0.2, 0.25) is 0 Å². The number of nitrogens with zero attached hydrogens (tertiary/aromatic N) is 2. The lowest BCUT2D eigenvalue weighted by Crippen LogP contribution is -2.25. The second-order valence-corrected chi connectivity index (χ2v) is 6.09. The van der Waals surface area contributed by atoms with Crippen LogP contribution >= 0.6 is 15.9 Å². The van der Waals surface area contributed by atoms with Crippen molar-refractivity contribution >= 4 is 21.8 Å². The van der Waals surface area contributed by atoms with Crippen molar-refractivity contribution in [2.24, 2.45) is 0 Å². The molecule has 0 saturated heterocycles. The number of hydrogen-bond donors (Lipinski definition) is 1. The number of halogens is 1. The van der Waals surface area contributed by atoms with E-state index in [9.17, 15) is 4.79 Å². The summed E-state index contributed by atoms with van der Waals surface area (Å²) in [6.07, 6.45) is 2.97. The number of carbonyl (C=O) groups excluding carboxylic acids is 1. The molecule has 4 nitrogen and oxygen atoms in total. The zero-order valence-electron chi connectivity index (χ0n) is 11.3. The van der Waals surface area contributed by atoms with Gasteiger partial charge in [0.05, 0.1) is 0 Å². The Kier molecular flexibility index (Phi) is 3.61. The average molecular weight is 334 g/mol. The Labute approximate surface area is 126 Å². The Morgan fingerprint density at radius 1 is 1.40 bits per heavy atom. The molecule has 1 aromatic heterocycles. The molecule has 0 fully saturated rings. The minimum atomic E-state index is 0.186. The molecule has 0 atom stereocenters. The van der Waals surface area contributed by atoms with E-state index >= 15 is 0 Å². The number of aromatic nitrogens is 2. The van der Waals surface area contributed by atoms with Gasteiger partial charge in [0.2, 0.25) is 5.91 Å². The number of nitrogens with one attached hydrogen (secondary N) is 1. The molecule has 2 heterocycles. The smallest absolute Gasteiger partial charge is 0.223 e. The van der Waals surface area contributed by atoms with E-state index in [4.69, 9.17) is 0 Å². The minimum Gasteiger partial charge on any atom is -0.346 e. The number of imidazole rings is 1. The molecule has 1 amide bonds. The van der Waals surface area contributed by atoms with Crippen LogP contribution in [0.1, 0.15) is 29.1 Å². The van der Waals surface area contributed by atoms with Gasteiger partial charge in [-0.05, 0) is 30.2 Å². The van der Waals surface area contributed by atoms with Crippen molar-refractivity contribution in [2.75, 3.05) is 0 Å². The van der Waals surface area contributed by atoms with E-state index in [-0.39, 0.29) is 5.91 Å². The van der Waals surface area contributed by atoms with Gasteiger partial charge < -0.3 is 9.88 Å². The highest BCUT2D eigenvalue weighted by Gasteiger charge is 2.23. The van der Waals surface area contributed by atoms with E-state index in [1.807, 2.05) is 17.9 Å². The summed E-state index contributed by atoms with van der Waals surface area (Å²) in [5, 5.41) is 0. The Hall–Kier alpha value is -1.62. The third-order valence-corrected chi connectivity index (χ3v) is 4.07. The van der Waals surface area contributed by atoms with Crippen LogP contribution in [-0.2, 0) is 24.3 Å². The first kappa shape index (κ1) is 13.4. The molecule has 20 heavy (non-hydrogen) atoms. The van der Waals surface area contributed by atoms with Crippen LogP contribution in [-0.4, -0.2) is 20.8 Å². The number of amides is 1. The number of benzene rings is 1. The minimum absolute atomic E-state index is 0.186. The molecule has 0 saturated carbocycles. The molecule has 3 rings (SSSR count). The van der Waals surface area contributed by atoms with Gasteiger partial charge in [-0.3, -0.25) is 4.79 Å². The number of aryl methyl sites for hydroxylation is 2. The van der Waals surface area contributed by atoms with Gasteiger partial charge in [-0.1, -0.05) is 22.0 Å². The van der Waals surface area contributed by atoms with Crippen LogP contribution in [0.15, 0.2) is 28.9 Å². The van der Waals surface area contributed by atoms with Crippen molar-refractivity contribution in [3.8, 4) is 0 Å². The lowest BCUT2D eigenvalue weighted by atomic mass is 10.1. The van der Waals surface area contributed by atoms with E-state index in [0.717, 1.165) is 22.5 Å². The van der Waals surface area contributed by atoms with Crippen LogP contribution in [0.3, 0.4) is 0 Å². The summed E-state index contributed by atoms with van der Waals surface area (Å²) in [5.74, 6) is 1.07. The van der Waals surface area contributed by atoms with Crippen LogP contribution in [0.5, 0.6) is 0 Å². The SMILES string of the molecule is Cc1cnc(CCC(=O)N2Cc3ccc(Br)cc3C2)[nH]1. The van der Waals surface area contributed by atoms with Gasteiger partial charge in [0, 0.05) is 42.3 Å². The number of fused-ring (bicyclic) bond motifs is 1. The lowest BCUT2D eigenvalue weighted by Gasteiger charge is -2.14. The fraction of sp³-hybridized carbons (Fsp3) is 0.333. The maximum absolute atomic E-state index is 12.3. The van der Waals surface area contributed by atoms with Crippen molar-refractivity contribution in [3.63, 3.8) is 0 Å². The molecule has 1 N–H and O–H groups in total. The molecule has 0 radical (unpaired) electrons. The molecule has 1 aliphatic rings. The van der Waals surface area contributed by atoms with Crippen LogP contribution in [0.4, 0.5) is 0 Å². The van der Waals surface area contributed by atoms with Gasteiger partial charge in [-0.15, -0.1) is 0 Å². The van der Waals surface area contributed by atoms with Gasteiger partial charge in [-0.25, -0.2) is 4.98 Å². The molecule has 0 unspecified atom stereocenters. The first-order valence-corrected chi connectivity index (χ1v) is 7.46. The zero-order valence-corrected chi connectivity index (χ0v) is 12.9. The molecule has 104 valence electrons. The average Bonchev–Trinajstić information content (AvgIpc) is 3.01. The summed E-state index contributed by atoms with van der Waals surface area (Å²) >= 11 is 3.47. The summed E-state index contributed by atoms with van der Waals surface area (Å²) in [5.41, 5.74) is 3.52. The Bertz CT molecular complexity index is 650. The summed E-state index contributed by atoms with van der Waals surface area (Å²) in [4.78, 5) is 21.6. The molecule has 0 bridgehead atoms. The second-order valence-electron chi connectivity index (χ2n) is 5.18. The van der Waals surface area contributed by atoms with Crippen molar-refractivity contribution in [1.82, 2.24) is 14.9 Å². The van der Waals surface area contributed by atoms with E-state index in [1.54, 1.807) is 6.20 Å². The van der Waals surface area contributed by atoms with E-state index in [1.165, 1.54) is 11.1 Å². The highest BCUT2D eigenvalue weighted by molar-refractivity contribution is 9.10. The van der Waals surface area contributed by atoms with Gasteiger partial charge in [0.25, 0.3) is 0 Å². The van der Waals surface area contributed by atoms with E-state index in [2.05, 4.69) is 38.0 Å². The lowest BCUT2D eigenvalue weighted by molar-refractivity contribution is -0.131. The van der Waals surface area contributed by atoms with Crippen LogP contribution < -0.4 is 0 Å². The highest BCUT2D eigenvalue weighted by Crippen LogP contribution is 2.26. The zero-order chi connectivity index (χ0) is 14.1. The summed E-state index contributed by atoms with van der Waals surface area (Å²) < 4.78 is 1.07. The Balaban J connectivity index is 1.60. The molecule has 0 aliphatic carbocycles. The van der Waals surface area contributed by atoms with Crippen LogP contribution in [0, 0.1) is 6.92 Å². The topological polar surface area (TPSA) is 49.0 Å². The standard InChI is InChI=1S/C15H16BrN3O/c1-10-7-17-14(18-10)4-5-15(20)19-8-11-2-3-13(16)6-12(11)9-19/h2-3,6-7H,4-5,8-9H2,1H3,(H,17,18). The van der Waals surface area contributed by atoms with Crippen molar-refractivity contribution in [2.45, 2.75) is 32.9 Å². The van der Waals surface area contributed by atoms with Crippen LogP contribution in [0.25, 0.3) is 0 Å². The molecule has 0 spiro atoms. The van der Waals surface area contributed by atoms with Crippen molar-refractivity contribution in [1.29, 1.82) is 0 Å². The van der Waals surface area contributed by atoms with E-state index in [0.29, 0.717) is 19.4 Å². The second kappa shape index (κ2) is 5.40. The summed E-state index contributed by atoms with van der Waals surface area (Å²) in [6.45, 7) is 3.40.